The third-order valence-electron chi connectivity index (χ3n) is 5.60. The van der Waals surface area contributed by atoms with Gasteiger partial charge in [-0.15, -0.1) is 0 Å². The van der Waals surface area contributed by atoms with Crippen LogP contribution in [0.1, 0.15) is 37.3 Å². The molecule has 0 aliphatic carbocycles. The molecule has 5 nitrogen and oxygen atoms in total. The van der Waals surface area contributed by atoms with Gasteiger partial charge in [-0.1, -0.05) is 30.3 Å². The van der Waals surface area contributed by atoms with Crippen molar-refractivity contribution in [1.29, 1.82) is 0 Å². The van der Waals surface area contributed by atoms with Crippen LogP contribution in [-0.2, 0) is 11.3 Å². The minimum Gasteiger partial charge on any atom is -0.341 e. The van der Waals surface area contributed by atoms with Crippen molar-refractivity contribution in [2.24, 2.45) is 0 Å². The Bertz CT molecular complexity index is 677. The van der Waals surface area contributed by atoms with E-state index < -0.39 is 0 Å². The van der Waals surface area contributed by atoms with E-state index in [0.717, 1.165) is 51.9 Å². The van der Waals surface area contributed by atoms with Crippen molar-refractivity contribution in [3.63, 3.8) is 0 Å². The highest BCUT2D eigenvalue weighted by Gasteiger charge is 2.35. The molecule has 0 radical (unpaired) electrons. The van der Waals surface area contributed by atoms with Crippen molar-refractivity contribution in [1.82, 2.24) is 19.4 Å². The summed E-state index contributed by atoms with van der Waals surface area (Å²) in [4.78, 5) is 21.6. The number of hydrogen-bond donors (Lipinski definition) is 0. The first-order valence-electron chi connectivity index (χ1n) is 9.35. The lowest BCUT2D eigenvalue weighted by Gasteiger charge is -2.36. The van der Waals surface area contributed by atoms with Crippen LogP contribution in [0.5, 0.6) is 0 Å². The van der Waals surface area contributed by atoms with Gasteiger partial charge >= 0.3 is 0 Å². The van der Waals surface area contributed by atoms with Crippen molar-refractivity contribution >= 4 is 5.91 Å². The fourth-order valence-electron chi connectivity index (χ4n) is 4.19. The van der Waals surface area contributed by atoms with Gasteiger partial charge in [-0.05, 0) is 37.8 Å². The Morgan fingerprint density at radius 3 is 2.60 bits per heavy atom. The summed E-state index contributed by atoms with van der Waals surface area (Å²) in [6, 6.07) is 11.0. The van der Waals surface area contributed by atoms with Crippen molar-refractivity contribution in [2.45, 2.75) is 44.3 Å². The number of imidazole rings is 1. The van der Waals surface area contributed by atoms with E-state index in [-0.39, 0.29) is 6.04 Å². The summed E-state index contributed by atoms with van der Waals surface area (Å²) in [6.45, 7) is 3.62. The van der Waals surface area contributed by atoms with E-state index in [0.29, 0.717) is 11.9 Å². The molecular formula is C20H26N4O. The molecule has 132 valence electrons. The average Bonchev–Trinajstić information content (AvgIpc) is 3.34. The second-order valence-electron chi connectivity index (χ2n) is 7.18. The van der Waals surface area contributed by atoms with E-state index >= 15 is 0 Å². The summed E-state index contributed by atoms with van der Waals surface area (Å²) in [5.41, 5.74) is 1.29. The Morgan fingerprint density at radius 2 is 1.88 bits per heavy atom. The standard InChI is InChI=1S/C20H26N4O/c25-20(22-12-8-18(9-13-22)24-14-10-21-16-24)19-7-4-11-23(19)15-17-5-2-1-3-6-17/h1-3,5-6,10,14,16,18-19H,4,7-9,11-13,15H2/t19-/m1/s1. The van der Waals surface area contributed by atoms with E-state index in [1.165, 1.54) is 5.56 Å². The first kappa shape index (κ1) is 16.3. The third kappa shape index (κ3) is 3.61. The molecule has 2 aliphatic heterocycles. The van der Waals surface area contributed by atoms with Crippen molar-refractivity contribution in [2.75, 3.05) is 19.6 Å². The lowest BCUT2D eigenvalue weighted by Crippen LogP contribution is -2.48. The molecule has 5 heteroatoms. The Labute approximate surface area is 149 Å². The molecule has 2 aromatic rings. The number of aromatic nitrogens is 2. The number of rotatable bonds is 4. The van der Waals surface area contributed by atoms with Gasteiger partial charge in [0.25, 0.3) is 0 Å². The van der Waals surface area contributed by atoms with Gasteiger partial charge < -0.3 is 9.47 Å². The number of carbonyl (C=O) groups is 1. The van der Waals surface area contributed by atoms with Crippen LogP contribution in [0.25, 0.3) is 0 Å². The number of benzene rings is 1. The fraction of sp³-hybridized carbons (Fsp3) is 0.500. The highest BCUT2D eigenvalue weighted by atomic mass is 16.2. The van der Waals surface area contributed by atoms with Gasteiger partial charge in [0.15, 0.2) is 0 Å². The van der Waals surface area contributed by atoms with Crippen LogP contribution in [0, 0.1) is 0 Å². The normalized spacial score (nSPS) is 22.4. The molecular weight excluding hydrogens is 312 g/mol. The molecule has 2 fully saturated rings. The van der Waals surface area contributed by atoms with E-state index in [9.17, 15) is 4.79 Å². The molecule has 1 atom stereocenters. The monoisotopic (exact) mass is 338 g/mol. The van der Waals surface area contributed by atoms with E-state index in [1.807, 2.05) is 24.8 Å². The van der Waals surface area contributed by atoms with E-state index in [4.69, 9.17) is 0 Å². The Balaban J connectivity index is 1.35. The summed E-state index contributed by atoms with van der Waals surface area (Å²) < 4.78 is 2.18. The zero-order chi connectivity index (χ0) is 17.1. The second-order valence-corrected chi connectivity index (χ2v) is 7.18. The molecule has 3 heterocycles. The number of nitrogens with zero attached hydrogens (tertiary/aromatic N) is 4. The SMILES string of the molecule is O=C([C@H]1CCCN1Cc1ccccc1)N1CCC(n2ccnc2)CC1. The Morgan fingerprint density at radius 1 is 1.08 bits per heavy atom. The average molecular weight is 338 g/mol. The fourth-order valence-corrected chi connectivity index (χ4v) is 4.19. The minimum absolute atomic E-state index is 0.0602. The lowest BCUT2D eigenvalue weighted by molar-refractivity contribution is -0.137. The molecule has 0 N–H and O–H groups in total. The number of amides is 1. The minimum atomic E-state index is 0.0602. The van der Waals surface area contributed by atoms with Gasteiger partial charge in [0.05, 0.1) is 12.4 Å². The van der Waals surface area contributed by atoms with Crippen LogP contribution in [0.2, 0.25) is 0 Å². The maximum Gasteiger partial charge on any atom is 0.239 e. The molecule has 1 aromatic carbocycles. The summed E-state index contributed by atoms with van der Waals surface area (Å²) >= 11 is 0. The number of carbonyl (C=O) groups excluding carboxylic acids is 1. The van der Waals surface area contributed by atoms with Gasteiger partial charge in [0.2, 0.25) is 5.91 Å². The highest BCUT2D eigenvalue weighted by molar-refractivity contribution is 5.82. The number of piperidine rings is 1. The largest absolute Gasteiger partial charge is 0.341 e. The van der Waals surface area contributed by atoms with Gasteiger partial charge in [0, 0.05) is 38.1 Å². The number of hydrogen-bond acceptors (Lipinski definition) is 3. The van der Waals surface area contributed by atoms with Crippen molar-refractivity contribution in [3.05, 3.63) is 54.6 Å². The maximum absolute atomic E-state index is 13.1. The van der Waals surface area contributed by atoms with E-state index in [1.54, 1.807) is 0 Å². The van der Waals surface area contributed by atoms with Crippen LogP contribution in [0.4, 0.5) is 0 Å². The first-order valence-corrected chi connectivity index (χ1v) is 9.35. The zero-order valence-corrected chi connectivity index (χ0v) is 14.6. The summed E-state index contributed by atoms with van der Waals surface area (Å²) in [6.07, 6.45) is 9.90. The molecule has 25 heavy (non-hydrogen) atoms. The third-order valence-corrected chi connectivity index (χ3v) is 5.60. The lowest BCUT2D eigenvalue weighted by atomic mass is 10.0. The molecule has 0 bridgehead atoms. The van der Waals surface area contributed by atoms with Crippen LogP contribution in [-0.4, -0.2) is 50.9 Å². The van der Waals surface area contributed by atoms with Crippen LogP contribution < -0.4 is 0 Å². The molecule has 0 spiro atoms. The van der Waals surface area contributed by atoms with Crippen LogP contribution >= 0.6 is 0 Å². The second kappa shape index (κ2) is 7.40. The van der Waals surface area contributed by atoms with Crippen molar-refractivity contribution in [3.8, 4) is 0 Å². The van der Waals surface area contributed by atoms with Crippen LogP contribution in [0.15, 0.2) is 49.1 Å². The highest BCUT2D eigenvalue weighted by Crippen LogP contribution is 2.26. The number of likely N-dealkylation sites (tertiary alicyclic amines) is 2. The summed E-state index contributed by atoms with van der Waals surface area (Å²) in [5, 5.41) is 0. The topological polar surface area (TPSA) is 41.4 Å². The molecule has 0 unspecified atom stereocenters. The molecule has 1 amide bonds. The van der Waals surface area contributed by atoms with Gasteiger partial charge in [-0.2, -0.15) is 0 Å². The van der Waals surface area contributed by atoms with Crippen LogP contribution in [0.3, 0.4) is 0 Å². The Hall–Kier alpha value is -2.14. The smallest absolute Gasteiger partial charge is 0.239 e. The summed E-state index contributed by atoms with van der Waals surface area (Å²) in [7, 11) is 0. The summed E-state index contributed by atoms with van der Waals surface area (Å²) in [5.74, 6) is 0.331. The predicted molar refractivity (Wildman–Crippen MR) is 97.0 cm³/mol. The zero-order valence-electron chi connectivity index (χ0n) is 14.6. The molecule has 2 saturated heterocycles. The predicted octanol–water partition coefficient (Wildman–Crippen LogP) is 2.71. The molecule has 2 aliphatic rings. The maximum atomic E-state index is 13.1. The molecule has 0 saturated carbocycles. The van der Waals surface area contributed by atoms with Gasteiger partial charge in [-0.25, -0.2) is 4.98 Å². The van der Waals surface area contributed by atoms with E-state index in [2.05, 4.69) is 43.6 Å². The van der Waals surface area contributed by atoms with Crippen molar-refractivity contribution < 1.29 is 4.79 Å². The molecule has 1 aromatic heterocycles. The quantitative estimate of drug-likeness (QED) is 0.861. The first-order chi connectivity index (χ1) is 12.3. The van der Waals surface area contributed by atoms with Gasteiger partial charge in [0.1, 0.15) is 0 Å². The molecule has 4 rings (SSSR count). The van der Waals surface area contributed by atoms with Gasteiger partial charge in [-0.3, -0.25) is 9.69 Å². The Kier molecular flexibility index (Phi) is 4.83.